The second kappa shape index (κ2) is 2.81. The Morgan fingerprint density at radius 3 is 3.08 bits per heavy atom. The zero-order chi connectivity index (χ0) is 7.68. The molecule has 0 atom stereocenters. The smallest absolute Gasteiger partial charge is 0.123 e. The van der Waals surface area contributed by atoms with Crippen molar-refractivity contribution in [3.63, 3.8) is 0 Å². The third-order valence-corrected chi connectivity index (χ3v) is 1.90. The van der Waals surface area contributed by atoms with Crippen molar-refractivity contribution in [1.29, 1.82) is 0 Å². The Labute approximate surface area is 66.4 Å². The van der Waals surface area contributed by atoms with Crippen molar-refractivity contribution in [1.82, 2.24) is 0 Å². The van der Waals surface area contributed by atoms with Crippen molar-refractivity contribution in [2.75, 3.05) is 6.61 Å². The number of hydrogen-bond acceptors (Lipinski definition) is 1. The summed E-state index contributed by atoms with van der Waals surface area (Å²) in [5, 5.41) is 0. The van der Waals surface area contributed by atoms with Crippen molar-refractivity contribution in [2.24, 2.45) is 0 Å². The van der Waals surface area contributed by atoms with Crippen LogP contribution in [-0.2, 0) is 4.74 Å². The zero-order valence-electron chi connectivity index (χ0n) is 6.81. The van der Waals surface area contributed by atoms with Gasteiger partial charge in [0.2, 0.25) is 0 Å². The van der Waals surface area contributed by atoms with E-state index >= 15 is 0 Å². The fourth-order valence-corrected chi connectivity index (χ4v) is 1.24. The van der Waals surface area contributed by atoms with E-state index in [1.165, 1.54) is 5.57 Å². The number of allylic oxidation sites excluding steroid dienone is 3. The van der Waals surface area contributed by atoms with Gasteiger partial charge in [-0.15, -0.1) is 5.73 Å². The van der Waals surface area contributed by atoms with E-state index in [0.29, 0.717) is 0 Å². The van der Waals surface area contributed by atoms with Gasteiger partial charge in [-0.05, 0) is 30.7 Å². The van der Waals surface area contributed by atoms with E-state index < -0.39 is 0 Å². The topological polar surface area (TPSA) is 9.23 Å². The second-order valence-corrected chi connectivity index (χ2v) is 2.79. The van der Waals surface area contributed by atoms with Gasteiger partial charge in [0.05, 0.1) is 6.61 Å². The van der Waals surface area contributed by atoms with E-state index in [0.717, 1.165) is 24.4 Å². The molecule has 2 heteroatoms. The molecule has 0 fully saturated rings. The van der Waals surface area contributed by atoms with Gasteiger partial charge in [0.1, 0.15) is 5.76 Å². The number of ether oxygens (including phenoxy) is 1. The molecule has 2 aliphatic rings. The Kier molecular flexibility index (Phi) is 1.85. The van der Waals surface area contributed by atoms with Crippen LogP contribution in [-0.4, -0.2) is 6.61 Å². The van der Waals surface area contributed by atoms with Crippen LogP contribution in [0.15, 0.2) is 40.9 Å². The molecule has 0 saturated heterocycles. The normalized spacial score (nSPS) is 19.2. The molecule has 1 aliphatic heterocycles. The van der Waals surface area contributed by atoms with Crippen LogP contribution in [0, 0.1) is 0 Å². The van der Waals surface area contributed by atoms with Crippen LogP contribution >= 0.6 is 0 Å². The molecule has 1 radical (unpaired) electrons. The maximum Gasteiger partial charge on any atom is 0.123 e. The summed E-state index contributed by atoms with van der Waals surface area (Å²) < 4.78 is 5.39. The summed E-state index contributed by atoms with van der Waals surface area (Å²) in [6.45, 7) is 2.86. The molecule has 0 amide bonds. The van der Waals surface area contributed by atoms with Crippen LogP contribution in [0.3, 0.4) is 0 Å². The van der Waals surface area contributed by atoms with Crippen LogP contribution in [0.5, 0.6) is 0 Å². The molecule has 0 unspecified atom stereocenters. The van der Waals surface area contributed by atoms with Gasteiger partial charge in [-0.1, -0.05) is 0 Å². The van der Waals surface area contributed by atoms with Gasteiger partial charge in [0.25, 0.3) is 0 Å². The van der Waals surface area contributed by atoms with E-state index in [9.17, 15) is 0 Å². The van der Waals surface area contributed by atoms with Gasteiger partial charge in [-0.2, -0.15) is 0 Å². The third kappa shape index (κ3) is 1.14. The first kappa shape index (κ1) is 7.90. The minimum atomic E-state index is 0. The summed E-state index contributed by atoms with van der Waals surface area (Å²) in [5.41, 5.74) is 5.61. The summed E-state index contributed by atoms with van der Waals surface area (Å²) in [6.07, 6.45) is 7.11. The Morgan fingerprint density at radius 2 is 2.25 bits per heavy atom. The first-order valence-corrected chi connectivity index (χ1v) is 3.83. The molecule has 2 rings (SSSR count). The quantitative estimate of drug-likeness (QED) is 0.560. The van der Waals surface area contributed by atoms with Crippen molar-refractivity contribution >= 4 is 0 Å². The molecule has 0 aromatic heterocycles. The van der Waals surface area contributed by atoms with E-state index in [1.54, 1.807) is 0 Å². The van der Waals surface area contributed by atoms with Gasteiger partial charge < -0.3 is 4.74 Å². The number of hydrogen-bond donors (Lipinski definition) is 0. The van der Waals surface area contributed by atoms with Crippen LogP contribution in [0.1, 0.15) is 13.3 Å². The largest absolute Gasteiger partial charge is 0.493 e. The van der Waals surface area contributed by atoms with Gasteiger partial charge >= 0.3 is 0 Å². The van der Waals surface area contributed by atoms with E-state index in [2.05, 4.69) is 5.73 Å². The molecule has 1 aliphatic carbocycles. The Morgan fingerprint density at radius 1 is 1.42 bits per heavy atom. The van der Waals surface area contributed by atoms with Crippen molar-refractivity contribution < 1.29 is 4.74 Å². The predicted octanol–water partition coefficient (Wildman–Crippen LogP) is 2.33. The van der Waals surface area contributed by atoms with Crippen LogP contribution in [0.25, 0.3) is 0 Å². The SMILES string of the molecule is CC1=C=CC2=C(C=C1)OCC2.[Lr]. The molecule has 0 aromatic carbocycles. The van der Waals surface area contributed by atoms with Crippen LogP contribution < -0.4 is 0 Å². The second-order valence-electron chi connectivity index (χ2n) is 2.79. The average molecular weight is 408 g/mol. The average Bonchev–Trinajstić information content (AvgIpc) is 2.38. The van der Waals surface area contributed by atoms with E-state index in [4.69, 9.17) is 4.74 Å². The summed E-state index contributed by atoms with van der Waals surface area (Å²) in [7, 11) is 0. The Bertz CT molecular complexity index is 304. The molecular formula is C10H10LrO. The molecular weight excluding hydrogens is 398 g/mol. The maximum atomic E-state index is 5.39. The fourth-order valence-electron chi connectivity index (χ4n) is 1.24. The summed E-state index contributed by atoms with van der Waals surface area (Å²) in [4.78, 5) is 0. The zero-order valence-corrected chi connectivity index (χ0v) is 8.96. The van der Waals surface area contributed by atoms with E-state index in [-0.39, 0.29) is 0 Å². The summed E-state index contributed by atoms with van der Waals surface area (Å²) in [6, 6.07) is 0. The molecule has 0 bridgehead atoms. The minimum absolute atomic E-state index is 0. The van der Waals surface area contributed by atoms with Crippen molar-refractivity contribution in [3.8, 4) is 0 Å². The summed E-state index contributed by atoms with van der Waals surface area (Å²) >= 11 is 0. The van der Waals surface area contributed by atoms with Crippen LogP contribution in [0.4, 0.5) is 0 Å². The fraction of sp³-hybridized carbons (Fsp3) is 0.300. The Balaban J connectivity index is 0.000000720. The van der Waals surface area contributed by atoms with E-state index in [1.807, 2.05) is 25.2 Å². The molecule has 0 N–H and O–H groups in total. The monoisotopic (exact) mass is 408 g/mol. The third-order valence-electron chi connectivity index (χ3n) is 1.90. The molecule has 0 saturated carbocycles. The first-order valence-electron chi connectivity index (χ1n) is 3.83. The molecule has 1 nitrogen and oxygen atoms in total. The minimum Gasteiger partial charge on any atom is -0.493 e. The first-order chi connectivity index (χ1) is 5.36. The van der Waals surface area contributed by atoms with Gasteiger partial charge in [0.15, 0.2) is 0 Å². The van der Waals surface area contributed by atoms with Gasteiger partial charge in [0, 0.05) is 12.0 Å². The van der Waals surface area contributed by atoms with Gasteiger partial charge in [-0.25, -0.2) is 0 Å². The van der Waals surface area contributed by atoms with Crippen molar-refractivity contribution in [2.45, 2.75) is 13.3 Å². The standard InChI is InChI=1S/C10H10O.Lr/c1-8-2-4-9-6-7-11-10(9)5-3-8;/h3-5H,6-7H2,1H3;. The summed E-state index contributed by atoms with van der Waals surface area (Å²) in [5.74, 6) is 1.02. The van der Waals surface area contributed by atoms with Crippen molar-refractivity contribution in [3.05, 3.63) is 40.9 Å². The predicted molar refractivity (Wildman–Crippen MR) is 44.0 cm³/mol. The van der Waals surface area contributed by atoms with Gasteiger partial charge in [-0.3, -0.25) is 0 Å². The molecule has 12 heavy (non-hydrogen) atoms. The van der Waals surface area contributed by atoms with Crippen LogP contribution in [0.2, 0.25) is 0 Å². The molecule has 0 aromatic rings. The Hall–Kier alpha value is -2.20. The number of rotatable bonds is 0. The molecule has 71 valence electrons. The molecule has 1 heterocycles. The maximum absolute atomic E-state index is 5.39. The molecule has 0 spiro atoms.